The molecule has 0 fully saturated rings. The minimum atomic E-state index is 0.844. The molecule has 100 valence electrons. The van der Waals surface area contributed by atoms with Gasteiger partial charge in [-0.05, 0) is 36.8 Å². The van der Waals surface area contributed by atoms with Gasteiger partial charge in [0.2, 0.25) is 0 Å². The number of aryl methyl sites for hydroxylation is 1. The summed E-state index contributed by atoms with van der Waals surface area (Å²) in [6.45, 7) is 2.95. The van der Waals surface area contributed by atoms with E-state index in [1.54, 1.807) is 11.3 Å². The molecule has 0 bridgehead atoms. The topological polar surface area (TPSA) is 24.9 Å². The van der Waals surface area contributed by atoms with Crippen LogP contribution in [0.4, 0.5) is 5.69 Å². The van der Waals surface area contributed by atoms with Crippen molar-refractivity contribution in [2.45, 2.75) is 13.5 Å². The first kappa shape index (κ1) is 12.9. The number of nitrogens with zero attached hydrogens (tertiary/aromatic N) is 1. The summed E-state index contributed by atoms with van der Waals surface area (Å²) < 4.78 is 0. The summed E-state index contributed by atoms with van der Waals surface area (Å²) in [6, 6.07) is 17.0. The van der Waals surface area contributed by atoms with Gasteiger partial charge in [0, 0.05) is 29.4 Å². The molecule has 3 aromatic rings. The molecule has 0 saturated carbocycles. The molecule has 0 atom stereocenters. The maximum atomic E-state index is 4.32. The molecule has 3 heteroatoms. The molecule has 0 unspecified atom stereocenters. The number of rotatable bonds is 4. The third-order valence-electron chi connectivity index (χ3n) is 3.18. The molecule has 0 saturated heterocycles. The van der Waals surface area contributed by atoms with Gasteiger partial charge in [0.05, 0.1) is 0 Å². The van der Waals surface area contributed by atoms with Gasteiger partial charge in [-0.25, -0.2) is 4.98 Å². The second-order valence-corrected chi connectivity index (χ2v) is 5.65. The van der Waals surface area contributed by atoms with Crippen LogP contribution in [0, 0.1) is 6.92 Å². The van der Waals surface area contributed by atoms with E-state index in [-0.39, 0.29) is 0 Å². The predicted molar refractivity (Wildman–Crippen MR) is 86.1 cm³/mol. The number of nitrogens with one attached hydrogen (secondary N) is 1. The predicted octanol–water partition coefficient (Wildman–Crippen LogP) is 4.73. The van der Waals surface area contributed by atoms with E-state index >= 15 is 0 Å². The van der Waals surface area contributed by atoms with Crippen LogP contribution in [0.1, 0.15) is 11.1 Å². The molecule has 0 spiro atoms. The van der Waals surface area contributed by atoms with Gasteiger partial charge in [0.1, 0.15) is 5.01 Å². The summed E-state index contributed by atoms with van der Waals surface area (Å²) in [4.78, 5) is 4.32. The van der Waals surface area contributed by atoms with E-state index in [9.17, 15) is 0 Å². The maximum absolute atomic E-state index is 4.32. The van der Waals surface area contributed by atoms with Crippen molar-refractivity contribution in [3.63, 3.8) is 0 Å². The van der Waals surface area contributed by atoms with Crippen LogP contribution in [-0.2, 0) is 6.54 Å². The first-order valence-corrected chi connectivity index (χ1v) is 7.48. The lowest BCUT2D eigenvalue weighted by Gasteiger charge is -2.07. The van der Waals surface area contributed by atoms with Crippen molar-refractivity contribution >= 4 is 17.0 Å². The molecule has 0 radical (unpaired) electrons. The zero-order valence-corrected chi connectivity index (χ0v) is 12.2. The molecule has 0 aliphatic heterocycles. The van der Waals surface area contributed by atoms with Gasteiger partial charge < -0.3 is 5.32 Å². The monoisotopic (exact) mass is 280 g/mol. The number of aromatic nitrogens is 1. The fraction of sp³-hybridized carbons (Fsp3) is 0.118. The molecular weight excluding hydrogens is 264 g/mol. The Morgan fingerprint density at radius 3 is 2.40 bits per heavy atom. The van der Waals surface area contributed by atoms with Crippen LogP contribution in [0.2, 0.25) is 0 Å². The molecule has 0 amide bonds. The minimum Gasteiger partial charge on any atom is -0.381 e. The van der Waals surface area contributed by atoms with Crippen LogP contribution in [0.15, 0.2) is 60.1 Å². The summed E-state index contributed by atoms with van der Waals surface area (Å²) in [5.74, 6) is 0. The van der Waals surface area contributed by atoms with Crippen molar-refractivity contribution in [2.75, 3.05) is 5.32 Å². The van der Waals surface area contributed by atoms with Crippen molar-refractivity contribution < 1.29 is 0 Å². The van der Waals surface area contributed by atoms with E-state index in [0.29, 0.717) is 0 Å². The third-order valence-corrected chi connectivity index (χ3v) is 4.00. The second kappa shape index (κ2) is 5.88. The normalized spacial score (nSPS) is 10.4. The number of thiazole rings is 1. The molecule has 1 N–H and O–H groups in total. The van der Waals surface area contributed by atoms with Crippen molar-refractivity contribution in [1.82, 2.24) is 4.98 Å². The van der Waals surface area contributed by atoms with Gasteiger partial charge in [-0.1, -0.05) is 29.8 Å². The van der Waals surface area contributed by atoms with E-state index in [0.717, 1.165) is 17.2 Å². The first-order valence-electron chi connectivity index (χ1n) is 6.60. The van der Waals surface area contributed by atoms with Crippen molar-refractivity contribution in [2.24, 2.45) is 0 Å². The Balaban J connectivity index is 1.65. The number of hydrogen-bond donors (Lipinski definition) is 1. The second-order valence-electron chi connectivity index (χ2n) is 4.75. The Labute approximate surface area is 123 Å². The molecule has 3 rings (SSSR count). The molecule has 0 aliphatic carbocycles. The Morgan fingerprint density at radius 1 is 1.00 bits per heavy atom. The lowest BCUT2D eigenvalue weighted by molar-refractivity contribution is 1.14. The molecule has 20 heavy (non-hydrogen) atoms. The van der Waals surface area contributed by atoms with Gasteiger partial charge in [-0.3, -0.25) is 0 Å². The van der Waals surface area contributed by atoms with E-state index in [1.165, 1.54) is 16.7 Å². The molecule has 2 aromatic carbocycles. The summed E-state index contributed by atoms with van der Waals surface area (Å²) in [5.41, 5.74) is 4.88. The fourth-order valence-electron chi connectivity index (χ4n) is 2.01. The highest BCUT2D eigenvalue weighted by Crippen LogP contribution is 2.23. The van der Waals surface area contributed by atoms with Crippen LogP contribution in [0.5, 0.6) is 0 Å². The quantitative estimate of drug-likeness (QED) is 0.747. The van der Waals surface area contributed by atoms with Gasteiger partial charge in [0.15, 0.2) is 0 Å². The fourth-order valence-corrected chi connectivity index (χ4v) is 2.65. The molecule has 2 nitrogen and oxygen atoms in total. The molecule has 1 aromatic heterocycles. The highest BCUT2D eigenvalue weighted by Gasteiger charge is 2.00. The zero-order chi connectivity index (χ0) is 13.8. The van der Waals surface area contributed by atoms with E-state index < -0.39 is 0 Å². The molecule has 0 aliphatic rings. The molecular formula is C17H16N2S. The Hall–Kier alpha value is -2.13. The van der Waals surface area contributed by atoms with Crippen molar-refractivity contribution in [1.29, 1.82) is 0 Å². The van der Waals surface area contributed by atoms with Crippen LogP contribution in [0.25, 0.3) is 10.6 Å². The van der Waals surface area contributed by atoms with Gasteiger partial charge in [-0.2, -0.15) is 0 Å². The van der Waals surface area contributed by atoms with E-state index in [2.05, 4.69) is 65.8 Å². The lowest BCUT2D eigenvalue weighted by Crippen LogP contribution is -1.98. The third kappa shape index (κ3) is 3.06. The van der Waals surface area contributed by atoms with Crippen LogP contribution in [0.3, 0.4) is 0 Å². The zero-order valence-electron chi connectivity index (χ0n) is 11.3. The highest BCUT2D eigenvalue weighted by atomic mass is 32.1. The lowest BCUT2D eigenvalue weighted by atomic mass is 10.1. The van der Waals surface area contributed by atoms with Crippen molar-refractivity contribution in [3.05, 3.63) is 71.2 Å². The van der Waals surface area contributed by atoms with E-state index in [1.807, 2.05) is 11.6 Å². The van der Waals surface area contributed by atoms with Crippen LogP contribution >= 0.6 is 11.3 Å². The average molecular weight is 280 g/mol. The summed E-state index contributed by atoms with van der Waals surface area (Å²) >= 11 is 1.66. The van der Waals surface area contributed by atoms with Crippen LogP contribution < -0.4 is 5.32 Å². The number of hydrogen-bond acceptors (Lipinski definition) is 3. The standard InChI is InChI=1S/C17H16N2S/c1-13-2-4-14(5-3-13)12-19-16-8-6-15(7-9-16)17-18-10-11-20-17/h2-11,19H,12H2,1H3. The summed E-state index contributed by atoms with van der Waals surface area (Å²) in [5, 5.41) is 6.50. The minimum absolute atomic E-state index is 0.844. The summed E-state index contributed by atoms with van der Waals surface area (Å²) in [7, 11) is 0. The average Bonchev–Trinajstić information content (AvgIpc) is 3.01. The van der Waals surface area contributed by atoms with Crippen LogP contribution in [-0.4, -0.2) is 4.98 Å². The smallest absolute Gasteiger partial charge is 0.123 e. The van der Waals surface area contributed by atoms with Gasteiger partial charge in [-0.15, -0.1) is 11.3 Å². The van der Waals surface area contributed by atoms with Gasteiger partial charge >= 0.3 is 0 Å². The summed E-state index contributed by atoms with van der Waals surface area (Å²) in [6.07, 6.45) is 1.84. The Morgan fingerprint density at radius 2 is 1.75 bits per heavy atom. The van der Waals surface area contributed by atoms with Crippen molar-refractivity contribution in [3.8, 4) is 10.6 Å². The Kier molecular flexibility index (Phi) is 3.79. The highest BCUT2D eigenvalue weighted by molar-refractivity contribution is 7.13. The van der Waals surface area contributed by atoms with Gasteiger partial charge in [0.25, 0.3) is 0 Å². The number of benzene rings is 2. The maximum Gasteiger partial charge on any atom is 0.123 e. The molecule has 1 heterocycles. The first-order chi connectivity index (χ1) is 9.81. The van der Waals surface area contributed by atoms with E-state index in [4.69, 9.17) is 0 Å². The SMILES string of the molecule is Cc1ccc(CNc2ccc(-c3nccs3)cc2)cc1. The Bertz CT molecular complexity index is 655. The largest absolute Gasteiger partial charge is 0.381 e. The number of anilines is 1.